The van der Waals surface area contributed by atoms with Gasteiger partial charge in [-0.15, -0.1) is 0 Å². The van der Waals surface area contributed by atoms with Crippen molar-refractivity contribution in [2.24, 2.45) is 5.92 Å². The Balaban J connectivity index is 2.31. The van der Waals surface area contributed by atoms with E-state index in [9.17, 15) is 5.11 Å². The molecule has 0 amide bonds. The lowest BCUT2D eigenvalue weighted by Crippen LogP contribution is -2.29. The quantitative estimate of drug-likeness (QED) is 0.880. The fraction of sp³-hybridized carbons (Fsp3) is 0.647. The molecule has 106 valence electrons. The molecular formula is C17H27NO. The van der Waals surface area contributed by atoms with Gasteiger partial charge in [0, 0.05) is 18.6 Å². The van der Waals surface area contributed by atoms with Gasteiger partial charge in [-0.3, -0.25) is 0 Å². The summed E-state index contributed by atoms with van der Waals surface area (Å²) in [6, 6.07) is 7.29. The van der Waals surface area contributed by atoms with Gasteiger partial charge in [0.25, 0.3) is 0 Å². The first-order valence-electron chi connectivity index (χ1n) is 7.56. The number of aliphatic hydroxyl groups excluding tert-OH is 1. The maximum absolute atomic E-state index is 9.62. The summed E-state index contributed by atoms with van der Waals surface area (Å²) in [5, 5.41) is 9.62. The van der Waals surface area contributed by atoms with Crippen molar-refractivity contribution in [2.75, 3.05) is 20.7 Å². The average molecular weight is 261 g/mol. The summed E-state index contributed by atoms with van der Waals surface area (Å²) >= 11 is 0. The lowest BCUT2D eigenvalue weighted by Gasteiger charge is -2.32. The molecular weight excluding hydrogens is 234 g/mol. The summed E-state index contributed by atoms with van der Waals surface area (Å²) in [5.74, 6) is 0.316. The van der Waals surface area contributed by atoms with Gasteiger partial charge in [0.15, 0.2) is 0 Å². The minimum Gasteiger partial charge on any atom is -0.396 e. The Morgan fingerprint density at radius 2 is 1.84 bits per heavy atom. The number of nitrogens with zero attached hydrogens (tertiary/aromatic N) is 1. The van der Waals surface area contributed by atoms with Crippen LogP contribution in [-0.4, -0.2) is 30.7 Å². The second kappa shape index (κ2) is 6.53. The normalized spacial score (nSPS) is 18.2. The molecule has 1 aliphatic carbocycles. The molecule has 0 heterocycles. The van der Waals surface area contributed by atoms with Crippen molar-refractivity contribution >= 4 is 0 Å². The Kier molecular flexibility index (Phi) is 5.00. The molecule has 0 radical (unpaired) electrons. The second-order valence-electron chi connectivity index (χ2n) is 5.99. The number of hydrogen-bond acceptors (Lipinski definition) is 2. The Hall–Kier alpha value is -0.860. The average Bonchev–Trinajstić information content (AvgIpc) is 2.43. The molecule has 0 saturated carbocycles. The van der Waals surface area contributed by atoms with Gasteiger partial charge in [0.2, 0.25) is 0 Å². The van der Waals surface area contributed by atoms with E-state index in [2.05, 4.69) is 44.1 Å². The second-order valence-corrected chi connectivity index (χ2v) is 5.99. The molecule has 2 atom stereocenters. The first-order valence-corrected chi connectivity index (χ1v) is 7.56. The van der Waals surface area contributed by atoms with Crippen LogP contribution >= 0.6 is 0 Å². The summed E-state index contributed by atoms with van der Waals surface area (Å²) < 4.78 is 0. The van der Waals surface area contributed by atoms with E-state index in [-0.39, 0.29) is 6.61 Å². The molecule has 0 bridgehead atoms. The van der Waals surface area contributed by atoms with Crippen molar-refractivity contribution < 1.29 is 5.11 Å². The standard InChI is InChI=1S/C17H27NO/c1-4-13(12-19)17(18(2)3)16-10-9-14-7-5-6-8-15(14)11-16/h9-11,13,17,19H,4-8,12H2,1-3H3. The van der Waals surface area contributed by atoms with E-state index in [4.69, 9.17) is 0 Å². The van der Waals surface area contributed by atoms with Gasteiger partial charge in [-0.1, -0.05) is 25.1 Å². The molecule has 1 aliphatic rings. The van der Waals surface area contributed by atoms with Gasteiger partial charge in [0.1, 0.15) is 0 Å². The van der Waals surface area contributed by atoms with Crippen LogP contribution in [0.15, 0.2) is 18.2 Å². The van der Waals surface area contributed by atoms with E-state index in [1.54, 1.807) is 0 Å². The maximum Gasteiger partial charge on any atom is 0.0477 e. The Labute approximate surface area is 117 Å². The van der Waals surface area contributed by atoms with Crippen molar-refractivity contribution in [1.82, 2.24) is 4.90 Å². The summed E-state index contributed by atoms with van der Waals surface area (Å²) in [5.41, 5.74) is 4.43. The number of benzene rings is 1. The van der Waals surface area contributed by atoms with Crippen LogP contribution in [0.4, 0.5) is 0 Å². The van der Waals surface area contributed by atoms with Crippen LogP contribution in [0.2, 0.25) is 0 Å². The highest BCUT2D eigenvalue weighted by Crippen LogP contribution is 2.32. The fourth-order valence-electron chi connectivity index (χ4n) is 3.38. The number of rotatable bonds is 5. The van der Waals surface area contributed by atoms with Crippen molar-refractivity contribution in [2.45, 2.75) is 45.1 Å². The molecule has 0 spiro atoms. The van der Waals surface area contributed by atoms with Gasteiger partial charge in [-0.25, -0.2) is 0 Å². The third-order valence-corrected chi connectivity index (χ3v) is 4.48. The predicted molar refractivity (Wildman–Crippen MR) is 80.4 cm³/mol. The summed E-state index contributed by atoms with van der Waals surface area (Å²) in [6.45, 7) is 2.42. The Morgan fingerprint density at radius 3 is 2.42 bits per heavy atom. The van der Waals surface area contributed by atoms with E-state index in [1.807, 2.05) is 0 Å². The number of hydrogen-bond donors (Lipinski definition) is 1. The van der Waals surface area contributed by atoms with Gasteiger partial charge in [-0.05, 0) is 62.9 Å². The summed E-state index contributed by atoms with van der Waals surface area (Å²) in [4.78, 5) is 2.24. The zero-order valence-electron chi connectivity index (χ0n) is 12.5. The smallest absolute Gasteiger partial charge is 0.0477 e. The van der Waals surface area contributed by atoms with Crippen molar-refractivity contribution in [3.05, 3.63) is 34.9 Å². The molecule has 2 rings (SSSR count). The largest absolute Gasteiger partial charge is 0.396 e. The molecule has 1 aromatic carbocycles. The lowest BCUT2D eigenvalue weighted by molar-refractivity contribution is 0.130. The molecule has 2 unspecified atom stereocenters. The molecule has 1 aromatic rings. The molecule has 19 heavy (non-hydrogen) atoms. The van der Waals surface area contributed by atoms with Gasteiger partial charge in [0.05, 0.1) is 0 Å². The first-order chi connectivity index (χ1) is 9.17. The van der Waals surface area contributed by atoms with Gasteiger partial charge >= 0.3 is 0 Å². The van der Waals surface area contributed by atoms with Crippen LogP contribution < -0.4 is 0 Å². The number of aryl methyl sites for hydroxylation is 2. The topological polar surface area (TPSA) is 23.5 Å². The molecule has 0 saturated heterocycles. The van der Waals surface area contributed by atoms with Crippen LogP contribution in [0, 0.1) is 5.92 Å². The fourth-order valence-corrected chi connectivity index (χ4v) is 3.38. The first kappa shape index (κ1) is 14.5. The zero-order valence-corrected chi connectivity index (χ0v) is 12.5. The molecule has 0 aromatic heterocycles. The molecule has 0 aliphatic heterocycles. The van der Waals surface area contributed by atoms with Crippen LogP contribution in [0.1, 0.15) is 48.9 Å². The Morgan fingerprint density at radius 1 is 1.16 bits per heavy atom. The van der Waals surface area contributed by atoms with Gasteiger partial charge < -0.3 is 10.0 Å². The number of aliphatic hydroxyl groups is 1. The number of fused-ring (bicyclic) bond motifs is 1. The SMILES string of the molecule is CCC(CO)C(c1ccc2c(c1)CCCC2)N(C)C. The highest BCUT2D eigenvalue weighted by Gasteiger charge is 2.24. The van der Waals surface area contributed by atoms with E-state index < -0.39 is 0 Å². The third kappa shape index (κ3) is 3.18. The van der Waals surface area contributed by atoms with Crippen LogP contribution in [0.5, 0.6) is 0 Å². The maximum atomic E-state index is 9.62. The predicted octanol–water partition coefficient (Wildman–Crippen LogP) is 3.19. The monoisotopic (exact) mass is 261 g/mol. The van der Waals surface area contributed by atoms with E-state index in [1.165, 1.54) is 42.4 Å². The highest BCUT2D eigenvalue weighted by atomic mass is 16.3. The minimum atomic E-state index is 0.260. The summed E-state index contributed by atoms with van der Waals surface area (Å²) in [6.07, 6.45) is 6.12. The van der Waals surface area contributed by atoms with Crippen LogP contribution in [0.3, 0.4) is 0 Å². The minimum absolute atomic E-state index is 0.260. The highest BCUT2D eigenvalue weighted by molar-refractivity contribution is 5.35. The lowest BCUT2D eigenvalue weighted by atomic mass is 9.85. The van der Waals surface area contributed by atoms with Gasteiger partial charge in [-0.2, -0.15) is 0 Å². The summed E-state index contributed by atoms with van der Waals surface area (Å²) in [7, 11) is 4.23. The van der Waals surface area contributed by atoms with E-state index in [0.717, 1.165) is 6.42 Å². The van der Waals surface area contributed by atoms with Crippen LogP contribution in [-0.2, 0) is 12.8 Å². The molecule has 2 heteroatoms. The van der Waals surface area contributed by atoms with Crippen LogP contribution in [0.25, 0.3) is 0 Å². The van der Waals surface area contributed by atoms with E-state index in [0.29, 0.717) is 12.0 Å². The van der Waals surface area contributed by atoms with Crippen molar-refractivity contribution in [1.29, 1.82) is 0 Å². The molecule has 2 nitrogen and oxygen atoms in total. The van der Waals surface area contributed by atoms with Crippen molar-refractivity contribution in [3.8, 4) is 0 Å². The third-order valence-electron chi connectivity index (χ3n) is 4.48. The Bertz CT molecular complexity index is 410. The van der Waals surface area contributed by atoms with E-state index >= 15 is 0 Å². The molecule has 1 N–H and O–H groups in total. The van der Waals surface area contributed by atoms with Crippen molar-refractivity contribution in [3.63, 3.8) is 0 Å². The zero-order chi connectivity index (χ0) is 13.8. The molecule has 0 fully saturated rings.